The van der Waals surface area contributed by atoms with Crippen molar-refractivity contribution in [3.8, 4) is 11.5 Å². The number of hydrogen-bond donors (Lipinski definition) is 1. The van der Waals surface area contributed by atoms with E-state index < -0.39 is 12.1 Å². The van der Waals surface area contributed by atoms with E-state index in [-0.39, 0.29) is 31.3 Å². The molecule has 2 amide bonds. The molecular weight excluding hydrogens is 396 g/mol. The lowest BCUT2D eigenvalue weighted by Gasteiger charge is -2.26. The van der Waals surface area contributed by atoms with Crippen molar-refractivity contribution in [2.24, 2.45) is 0 Å². The average Bonchev–Trinajstić information content (AvgIpc) is 3.10. The second-order valence-corrected chi connectivity index (χ2v) is 7.51. The van der Waals surface area contributed by atoms with Crippen molar-refractivity contribution in [2.45, 2.75) is 25.1 Å². The van der Waals surface area contributed by atoms with Gasteiger partial charge in [0, 0.05) is 24.1 Å². The molecule has 1 N–H and O–H groups in total. The van der Waals surface area contributed by atoms with Crippen molar-refractivity contribution >= 4 is 29.1 Å². The van der Waals surface area contributed by atoms with Crippen LogP contribution in [0, 0.1) is 0 Å². The topological polar surface area (TPSA) is 79.3 Å². The fraction of sp³-hybridized carbons (Fsp3) is 0.333. The summed E-state index contributed by atoms with van der Waals surface area (Å²) in [4.78, 5) is 29.7. The maximum absolute atomic E-state index is 13.5. The van der Waals surface area contributed by atoms with Gasteiger partial charge >= 0.3 is 0 Å². The van der Waals surface area contributed by atoms with Gasteiger partial charge in [0.15, 0.2) is 11.5 Å². The summed E-state index contributed by atoms with van der Waals surface area (Å²) in [5.74, 6) is 0.222. The fourth-order valence-corrected chi connectivity index (χ4v) is 4.14. The number of fused-ring (bicyclic) bond motifs is 2. The van der Waals surface area contributed by atoms with Crippen LogP contribution >= 0.6 is 11.6 Å². The van der Waals surface area contributed by atoms with Crippen LogP contribution in [0.25, 0.3) is 0 Å². The predicted octanol–water partition coefficient (Wildman–Crippen LogP) is 2.48. The van der Waals surface area contributed by atoms with Gasteiger partial charge in [-0.05, 0) is 17.7 Å². The van der Waals surface area contributed by atoms with Crippen LogP contribution in [-0.2, 0) is 11.3 Å². The van der Waals surface area contributed by atoms with Crippen molar-refractivity contribution in [3.63, 3.8) is 0 Å². The molecule has 29 heavy (non-hydrogen) atoms. The SMILES string of the molecule is COc1cc2c(cc1OC)N(Cc1ccccc1Cl)C(=O)[C@@H]1C[C@@H](O)CN1C2=O. The molecule has 0 spiro atoms. The molecular formula is C21H21ClN2O5. The first-order valence-electron chi connectivity index (χ1n) is 9.24. The van der Waals surface area contributed by atoms with Crippen LogP contribution < -0.4 is 14.4 Å². The summed E-state index contributed by atoms with van der Waals surface area (Å²) >= 11 is 6.33. The van der Waals surface area contributed by atoms with Crippen LogP contribution in [-0.4, -0.2) is 54.7 Å². The highest BCUT2D eigenvalue weighted by Crippen LogP contribution is 2.40. The fourth-order valence-electron chi connectivity index (χ4n) is 3.95. The van der Waals surface area contributed by atoms with Gasteiger partial charge in [-0.25, -0.2) is 0 Å². The number of amides is 2. The molecule has 4 rings (SSSR count). The van der Waals surface area contributed by atoms with Crippen LogP contribution in [0.1, 0.15) is 22.3 Å². The Morgan fingerprint density at radius 1 is 1.14 bits per heavy atom. The molecule has 2 aliphatic rings. The third-order valence-electron chi connectivity index (χ3n) is 5.40. The van der Waals surface area contributed by atoms with Crippen LogP contribution in [0.4, 0.5) is 5.69 Å². The van der Waals surface area contributed by atoms with E-state index in [9.17, 15) is 14.7 Å². The van der Waals surface area contributed by atoms with Gasteiger partial charge in [-0.15, -0.1) is 0 Å². The first-order valence-corrected chi connectivity index (χ1v) is 9.62. The van der Waals surface area contributed by atoms with Crippen molar-refractivity contribution < 1.29 is 24.2 Å². The molecule has 0 aliphatic carbocycles. The van der Waals surface area contributed by atoms with Gasteiger partial charge in [-0.2, -0.15) is 0 Å². The minimum atomic E-state index is -0.739. The Morgan fingerprint density at radius 2 is 1.83 bits per heavy atom. The molecule has 0 bridgehead atoms. The highest BCUT2D eigenvalue weighted by Gasteiger charge is 2.45. The maximum atomic E-state index is 13.5. The number of anilines is 1. The first kappa shape index (κ1) is 19.5. The lowest BCUT2D eigenvalue weighted by Crippen LogP contribution is -2.44. The Morgan fingerprint density at radius 3 is 2.52 bits per heavy atom. The zero-order chi connectivity index (χ0) is 20.7. The molecule has 8 heteroatoms. The van der Waals surface area contributed by atoms with Gasteiger partial charge in [0.1, 0.15) is 6.04 Å². The molecule has 2 atom stereocenters. The third kappa shape index (κ3) is 3.30. The molecule has 2 heterocycles. The molecule has 2 aromatic rings. The number of methoxy groups -OCH3 is 2. The van der Waals surface area contributed by atoms with Gasteiger partial charge in [0.2, 0.25) is 5.91 Å². The Bertz CT molecular complexity index is 980. The van der Waals surface area contributed by atoms with E-state index in [1.54, 1.807) is 23.1 Å². The Labute approximate surface area is 173 Å². The van der Waals surface area contributed by atoms with Crippen LogP contribution in [0.15, 0.2) is 36.4 Å². The highest BCUT2D eigenvalue weighted by atomic mass is 35.5. The average molecular weight is 417 g/mol. The molecule has 0 unspecified atom stereocenters. The Balaban J connectivity index is 1.89. The van der Waals surface area contributed by atoms with Gasteiger partial charge < -0.3 is 24.4 Å². The molecule has 152 valence electrons. The Kier molecular flexibility index (Phi) is 5.10. The minimum absolute atomic E-state index is 0.114. The maximum Gasteiger partial charge on any atom is 0.256 e. The lowest BCUT2D eigenvalue weighted by atomic mass is 10.1. The summed E-state index contributed by atoms with van der Waals surface area (Å²) in [7, 11) is 2.98. The predicted molar refractivity (Wildman–Crippen MR) is 108 cm³/mol. The largest absolute Gasteiger partial charge is 0.493 e. The molecule has 2 aromatic carbocycles. The molecule has 0 radical (unpaired) electrons. The number of rotatable bonds is 4. The zero-order valence-electron chi connectivity index (χ0n) is 16.1. The number of halogens is 1. The zero-order valence-corrected chi connectivity index (χ0v) is 16.8. The van der Waals surface area contributed by atoms with E-state index in [4.69, 9.17) is 21.1 Å². The van der Waals surface area contributed by atoms with Crippen LogP contribution in [0.3, 0.4) is 0 Å². The normalized spacial score (nSPS) is 21.0. The van der Waals surface area contributed by atoms with Crippen LogP contribution in [0.5, 0.6) is 11.5 Å². The van der Waals surface area contributed by atoms with E-state index >= 15 is 0 Å². The molecule has 0 aromatic heterocycles. The van der Waals surface area contributed by atoms with Crippen molar-refractivity contribution in [3.05, 3.63) is 52.5 Å². The van der Waals surface area contributed by atoms with Gasteiger partial charge in [0.25, 0.3) is 5.91 Å². The number of benzene rings is 2. The number of carbonyl (C=O) groups is 2. The summed E-state index contributed by atoms with van der Waals surface area (Å²) in [6.45, 7) is 0.303. The molecule has 7 nitrogen and oxygen atoms in total. The van der Waals surface area contributed by atoms with Crippen molar-refractivity contribution in [1.29, 1.82) is 0 Å². The van der Waals surface area contributed by atoms with Gasteiger partial charge in [0.05, 0.1) is 38.1 Å². The number of aliphatic hydroxyl groups excluding tert-OH is 1. The molecule has 1 fully saturated rings. The summed E-state index contributed by atoms with van der Waals surface area (Å²) in [6.07, 6.45) is -0.539. The number of ether oxygens (including phenoxy) is 2. The van der Waals surface area contributed by atoms with Crippen molar-refractivity contribution in [2.75, 3.05) is 25.7 Å². The lowest BCUT2D eigenvalue weighted by molar-refractivity contribution is -0.122. The standard InChI is InChI=1S/C21H21ClN2O5/c1-28-18-8-14-16(9-19(18)29-2)23(10-12-5-3-4-6-15(12)22)21(27)17-7-13(25)11-24(17)20(14)26/h3-6,8-9,13,17,25H,7,10-11H2,1-2H3/t13-,17+/m1/s1. The number of carbonyl (C=O) groups excluding carboxylic acids is 2. The summed E-state index contributed by atoms with van der Waals surface area (Å²) in [6, 6.07) is 9.74. The first-order chi connectivity index (χ1) is 13.9. The highest BCUT2D eigenvalue weighted by molar-refractivity contribution is 6.31. The quantitative estimate of drug-likeness (QED) is 0.828. The van der Waals surface area contributed by atoms with E-state index in [1.165, 1.54) is 19.1 Å². The van der Waals surface area contributed by atoms with E-state index in [0.717, 1.165) is 5.56 Å². The number of hydrogen-bond acceptors (Lipinski definition) is 5. The minimum Gasteiger partial charge on any atom is -0.493 e. The molecule has 0 saturated carbocycles. The molecule has 2 aliphatic heterocycles. The second-order valence-electron chi connectivity index (χ2n) is 7.10. The van der Waals surface area contributed by atoms with Gasteiger partial charge in [-0.1, -0.05) is 29.8 Å². The van der Waals surface area contributed by atoms with E-state index in [2.05, 4.69) is 0 Å². The summed E-state index contributed by atoms with van der Waals surface area (Å²) in [5.41, 5.74) is 1.50. The Hall–Kier alpha value is -2.77. The third-order valence-corrected chi connectivity index (χ3v) is 5.77. The van der Waals surface area contributed by atoms with Crippen molar-refractivity contribution in [1.82, 2.24) is 4.90 Å². The van der Waals surface area contributed by atoms with Gasteiger partial charge in [-0.3, -0.25) is 9.59 Å². The number of nitrogens with zero attached hydrogens (tertiary/aromatic N) is 2. The second kappa shape index (κ2) is 7.57. The van der Waals surface area contributed by atoms with E-state index in [0.29, 0.717) is 27.8 Å². The number of aliphatic hydroxyl groups is 1. The summed E-state index contributed by atoms with van der Waals surface area (Å²) < 4.78 is 10.7. The van der Waals surface area contributed by atoms with E-state index in [1.807, 2.05) is 18.2 Å². The monoisotopic (exact) mass is 416 g/mol. The smallest absolute Gasteiger partial charge is 0.256 e. The summed E-state index contributed by atoms with van der Waals surface area (Å²) in [5, 5.41) is 10.6. The van der Waals surface area contributed by atoms with Crippen LogP contribution in [0.2, 0.25) is 5.02 Å². The molecule has 1 saturated heterocycles.